The Balaban J connectivity index is 1.49. The summed E-state index contributed by atoms with van der Waals surface area (Å²) >= 11 is 0. The monoisotopic (exact) mass is 570 g/mol. The van der Waals surface area contributed by atoms with Crippen LogP contribution in [0.25, 0.3) is 5.69 Å². The molecule has 0 unspecified atom stereocenters. The summed E-state index contributed by atoms with van der Waals surface area (Å²) in [5, 5.41) is 7.96. The Morgan fingerprint density at radius 3 is 1.88 bits per heavy atom. The van der Waals surface area contributed by atoms with E-state index in [-0.39, 0.29) is 23.8 Å². The Morgan fingerprint density at radius 2 is 1.33 bits per heavy atom. The van der Waals surface area contributed by atoms with Crippen molar-refractivity contribution in [2.75, 3.05) is 11.9 Å². The van der Waals surface area contributed by atoms with Gasteiger partial charge in [0.25, 0.3) is 0 Å². The molecule has 0 spiro atoms. The van der Waals surface area contributed by atoms with Gasteiger partial charge in [-0.1, -0.05) is 130 Å². The lowest BCUT2D eigenvalue weighted by atomic mass is 9.90. The lowest BCUT2D eigenvalue weighted by Crippen LogP contribution is -2.40. The zero-order valence-electron chi connectivity index (χ0n) is 25.2. The molecule has 0 aliphatic rings. The van der Waals surface area contributed by atoms with Crippen molar-refractivity contribution in [3.8, 4) is 5.69 Å². The average molecular weight is 571 g/mol. The van der Waals surface area contributed by atoms with Crippen LogP contribution in [0.1, 0.15) is 54.6 Å². The van der Waals surface area contributed by atoms with Crippen LogP contribution >= 0.6 is 0 Å². The molecule has 0 fully saturated rings. The third-order valence-electron chi connectivity index (χ3n) is 7.46. The van der Waals surface area contributed by atoms with Gasteiger partial charge in [0.15, 0.2) is 0 Å². The minimum Gasteiger partial charge on any atom is -0.328 e. The minimum atomic E-state index is -0.552. The molecule has 4 aromatic carbocycles. The number of aromatic nitrogens is 2. The number of amides is 2. The van der Waals surface area contributed by atoms with Crippen molar-refractivity contribution in [1.29, 1.82) is 0 Å². The number of aryl methyl sites for hydroxylation is 1. The van der Waals surface area contributed by atoms with Gasteiger partial charge in [-0.3, -0.25) is 9.59 Å². The molecule has 1 heterocycles. The second-order valence-electron chi connectivity index (χ2n) is 11.8. The number of para-hydroxylation sites is 1. The largest absolute Gasteiger partial charge is 0.328 e. The van der Waals surface area contributed by atoms with E-state index in [1.165, 1.54) is 0 Å². The summed E-state index contributed by atoms with van der Waals surface area (Å²) in [5.41, 5.74) is 5.27. The number of hydrogen-bond donors (Lipinski definition) is 1. The molecule has 218 valence electrons. The van der Waals surface area contributed by atoms with Gasteiger partial charge in [-0.05, 0) is 35.2 Å². The number of carbonyl (C=O) groups excluding carboxylic acids is 2. The van der Waals surface area contributed by atoms with E-state index in [0.29, 0.717) is 12.4 Å². The first-order valence-corrected chi connectivity index (χ1v) is 14.6. The molecule has 6 heteroatoms. The van der Waals surface area contributed by atoms with Crippen molar-refractivity contribution in [2.24, 2.45) is 0 Å². The number of nitrogens with one attached hydrogen (secondary N) is 1. The number of benzene rings is 4. The first kappa shape index (κ1) is 29.5. The van der Waals surface area contributed by atoms with Gasteiger partial charge >= 0.3 is 0 Å². The van der Waals surface area contributed by atoms with Gasteiger partial charge in [-0.25, -0.2) is 4.68 Å². The standard InChI is InChI=1S/C37H38N4O2/c1-27-16-14-15-23-31(27)41-33(24-32(39-41)37(2,3)4)38-34(42)26-40(25-28-17-8-5-9-18-28)36(43)35(29-19-10-6-11-20-29)30-21-12-7-13-22-30/h5-24,35H,25-26H2,1-4H3,(H,38,42). The van der Waals surface area contributed by atoms with E-state index in [1.807, 2.05) is 128 Å². The maximum absolute atomic E-state index is 14.4. The Bertz CT molecular complexity index is 1630. The predicted octanol–water partition coefficient (Wildman–Crippen LogP) is 7.28. The molecule has 0 radical (unpaired) electrons. The van der Waals surface area contributed by atoms with Crippen molar-refractivity contribution < 1.29 is 9.59 Å². The molecular formula is C37H38N4O2. The molecule has 5 aromatic rings. The molecule has 6 nitrogen and oxygen atoms in total. The first-order chi connectivity index (χ1) is 20.7. The Labute approximate surface area is 254 Å². The van der Waals surface area contributed by atoms with Gasteiger partial charge < -0.3 is 10.2 Å². The highest BCUT2D eigenvalue weighted by molar-refractivity contribution is 5.96. The second kappa shape index (κ2) is 12.9. The third-order valence-corrected chi connectivity index (χ3v) is 7.46. The van der Waals surface area contributed by atoms with E-state index < -0.39 is 5.92 Å². The molecule has 1 N–H and O–H groups in total. The van der Waals surface area contributed by atoms with Gasteiger partial charge in [0.1, 0.15) is 12.4 Å². The molecule has 0 atom stereocenters. The summed E-state index contributed by atoms with van der Waals surface area (Å²) in [5.74, 6) is -0.415. The van der Waals surface area contributed by atoms with Crippen molar-refractivity contribution in [3.05, 3.63) is 149 Å². The van der Waals surface area contributed by atoms with Crippen LogP contribution in [0.15, 0.2) is 121 Å². The summed E-state index contributed by atoms with van der Waals surface area (Å²) < 4.78 is 1.79. The molecule has 1 aromatic heterocycles. The Kier molecular flexibility index (Phi) is 8.86. The summed E-state index contributed by atoms with van der Waals surface area (Å²) in [6.07, 6.45) is 0. The van der Waals surface area contributed by atoms with Gasteiger partial charge in [-0.15, -0.1) is 0 Å². The Hall–Kier alpha value is -4.97. The fourth-order valence-corrected chi connectivity index (χ4v) is 5.14. The van der Waals surface area contributed by atoms with Crippen molar-refractivity contribution in [3.63, 3.8) is 0 Å². The normalized spacial score (nSPS) is 11.4. The van der Waals surface area contributed by atoms with Crippen LogP contribution in [-0.4, -0.2) is 33.0 Å². The zero-order valence-corrected chi connectivity index (χ0v) is 25.2. The van der Waals surface area contributed by atoms with E-state index in [1.54, 1.807) is 9.58 Å². The number of carbonyl (C=O) groups is 2. The van der Waals surface area contributed by atoms with Gasteiger partial charge in [0.2, 0.25) is 11.8 Å². The number of rotatable bonds is 9. The van der Waals surface area contributed by atoms with E-state index in [4.69, 9.17) is 5.10 Å². The molecule has 0 bridgehead atoms. The van der Waals surface area contributed by atoms with Crippen LogP contribution in [0.4, 0.5) is 5.82 Å². The smallest absolute Gasteiger partial charge is 0.245 e. The fraction of sp³-hybridized carbons (Fsp3) is 0.216. The average Bonchev–Trinajstić information content (AvgIpc) is 3.43. The highest BCUT2D eigenvalue weighted by atomic mass is 16.2. The van der Waals surface area contributed by atoms with Crippen LogP contribution in [-0.2, 0) is 21.5 Å². The number of hydrogen-bond acceptors (Lipinski definition) is 3. The summed E-state index contributed by atoms with van der Waals surface area (Å²) in [7, 11) is 0. The fourth-order valence-electron chi connectivity index (χ4n) is 5.14. The van der Waals surface area contributed by atoms with Crippen LogP contribution in [0, 0.1) is 6.92 Å². The van der Waals surface area contributed by atoms with Gasteiger partial charge in [0.05, 0.1) is 17.3 Å². The maximum Gasteiger partial charge on any atom is 0.245 e. The summed E-state index contributed by atoms with van der Waals surface area (Å²) in [6, 6.07) is 39.1. The van der Waals surface area contributed by atoms with Crippen molar-refractivity contribution in [2.45, 2.75) is 45.6 Å². The SMILES string of the molecule is Cc1ccccc1-n1nc(C(C)(C)C)cc1NC(=O)CN(Cc1ccccc1)C(=O)C(c1ccccc1)c1ccccc1. The van der Waals surface area contributed by atoms with Crippen molar-refractivity contribution >= 4 is 17.6 Å². The molecule has 43 heavy (non-hydrogen) atoms. The number of nitrogens with zero attached hydrogens (tertiary/aromatic N) is 3. The molecule has 0 aliphatic carbocycles. The Morgan fingerprint density at radius 1 is 0.791 bits per heavy atom. The highest BCUT2D eigenvalue weighted by Gasteiger charge is 2.30. The lowest BCUT2D eigenvalue weighted by Gasteiger charge is -2.28. The lowest BCUT2D eigenvalue weighted by molar-refractivity contribution is -0.135. The second-order valence-corrected chi connectivity index (χ2v) is 11.8. The third kappa shape index (κ3) is 7.09. The van der Waals surface area contributed by atoms with Gasteiger partial charge in [0, 0.05) is 18.0 Å². The van der Waals surface area contributed by atoms with Crippen LogP contribution in [0.2, 0.25) is 0 Å². The molecule has 0 saturated heterocycles. The summed E-state index contributed by atoms with van der Waals surface area (Å²) in [6.45, 7) is 8.48. The van der Waals surface area contributed by atoms with E-state index in [2.05, 4.69) is 26.1 Å². The molecular weight excluding hydrogens is 532 g/mol. The molecule has 2 amide bonds. The highest BCUT2D eigenvalue weighted by Crippen LogP contribution is 2.29. The number of anilines is 1. The van der Waals surface area contributed by atoms with Gasteiger partial charge in [-0.2, -0.15) is 5.10 Å². The molecule has 0 aliphatic heterocycles. The van der Waals surface area contributed by atoms with Crippen LogP contribution < -0.4 is 5.32 Å². The van der Waals surface area contributed by atoms with Crippen LogP contribution in [0.3, 0.4) is 0 Å². The quantitative estimate of drug-likeness (QED) is 0.203. The molecule has 5 rings (SSSR count). The predicted molar refractivity (Wildman–Crippen MR) is 172 cm³/mol. The van der Waals surface area contributed by atoms with E-state index >= 15 is 0 Å². The first-order valence-electron chi connectivity index (χ1n) is 14.6. The summed E-state index contributed by atoms with van der Waals surface area (Å²) in [4.78, 5) is 29.9. The maximum atomic E-state index is 14.4. The topological polar surface area (TPSA) is 67.2 Å². The van der Waals surface area contributed by atoms with Crippen molar-refractivity contribution in [1.82, 2.24) is 14.7 Å². The van der Waals surface area contributed by atoms with E-state index in [9.17, 15) is 9.59 Å². The van der Waals surface area contributed by atoms with E-state index in [0.717, 1.165) is 33.6 Å². The molecule has 0 saturated carbocycles. The van der Waals surface area contributed by atoms with Crippen LogP contribution in [0.5, 0.6) is 0 Å². The zero-order chi connectivity index (χ0) is 30.4. The minimum absolute atomic E-state index is 0.117.